The Bertz CT molecular complexity index is 1030. The average Bonchev–Trinajstić information content (AvgIpc) is 3.14. The van der Waals surface area contributed by atoms with Gasteiger partial charge in [-0.15, -0.1) is 0 Å². The van der Waals surface area contributed by atoms with Crippen LogP contribution in [-0.4, -0.2) is 49.1 Å². The highest BCUT2D eigenvalue weighted by atomic mass is 35.5. The molecule has 0 aliphatic carbocycles. The molecule has 1 aromatic heterocycles. The molecule has 1 amide bonds. The molecule has 1 atom stereocenters. The second-order valence-corrected chi connectivity index (χ2v) is 9.65. The van der Waals surface area contributed by atoms with Crippen molar-refractivity contribution in [3.63, 3.8) is 0 Å². The molecule has 1 fully saturated rings. The Morgan fingerprint density at radius 1 is 1.25 bits per heavy atom. The van der Waals surface area contributed by atoms with E-state index >= 15 is 0 Å². The number of carbonyl (C=O) groups excluding carboxylic acids is 1. The van der Waals surface area contributed by atoms with Gasteiger partial charge < -0.3 is 10.6 Å². The number of nitrogens with two attached hydrogens (primary N) is 1. The largest absolute Gasteiger partial charge is 0.382 e. The number of sulfonamides is 1. The molecular formula is C19H21ClN4O3S. The number of amides is 1. The molecule has 7 nitrogen and oxygen atoms in total. The number of piperidine rings is 1. The SMILES string of the molecule is Nc1ncc(C(=O)N2CCCC(S(=O)(=O)N3CCc4ccccc43)C2)cc1Cl. The molecule has 2 aliphatic rings. The zero-order valence-electron chi connectivity index (χ0n) is 15.2. The maximum atomic E-state index is 13.3. The van der Waals surface area contributed by atoms with Crippen LogP contribution in [-0.2, 0) is 16.4 Å². The van der Waals surface area contributed by atoms with E-state index in [1.807, 2.05) is 24.3 Å². The fourth-order valence-electron chi connectivity index (χ4n) is 3.87. The summed E-state index contributed by atoms with van der Waals surface area (Å²) >= 11 is 5.97. The van der Waals surface area contributed by atoms with E-state index in [0.29, 0.717) is 37.9 Å². The molecule has 2 aromatic rings. The lowest BCUT2D eigenvalue weighted by Gasteiger charge is -2.35. The van der Waals surface area contributed by atoms with Gasteiger partial charge in [0, 0.05) is 25.8 Å². The molecule has 28 heavy (non-hydrogen) atoms. The van der Waals surface area contributed by atoms with E-state index in [4.69, 9.17) is 17.3 Å². The van der Waals surface area contributed by atoms with E-state index in [0.717, 1.165) is 11.3 Å². The predicted octanol–water partition coefficient (Wildman–Crippen LogP) is 2.31. The van der Waals surface area contributed by atoms with Crippen molar-refractivity contribution in [2.75, 3.05) is 29.7 Å². The second kappa shape index (κ2) is 7.25. The van der Waals surface area contributed by atoms with Gasteiger partial charge in [0.15, 0.2) is 0 Å². The van der Waals surface area contributed by atoms with Gasteiger partial charge >= 0.3 is 0 Å². The number of para-hydroxylation sites is 1. The van der Waals surface area contributed by atoms with Crippen molar-refractivity contribution in [3.8, 4) is 0 Å². The molecule has 1 saturated heterocycles. The van der Waals surface area contributed by atoms with Gasteiger partial charge in [0.05, 0.1) is 21.5 Å². The van der Waals surface area contributed by atoms with Crippen LogP contribution in [0.2, 0.25) is 5.02 Å². The molecule has 2 N–H and O–H groups in total. The predicted molar refractivity (Wildman–Crippen MR) is 109 cm³/mol. The lowest BCUT2D eigenvalue weighted by Crippen LogP contribution is -2.49. The quantitative estimate of drug-likeness (QED) is 0.821. The molecule has 1 aromatic carbocycles. The summed E-state index contributed by atoms with van der Waals surface area (Å²) in [5.41, 5.74) is 7.70. The van der Waals surface area contributed by atoms with Crippen molar-refractivity contribution < 1.29 is 13.2 Å². The Morgan fingerprint density at radius 3 is 2.82 bits per heavy atom. The first kappa shape index (κ1) is 19.0. The minimum absolute atomic E-state index is 0.155. The summed E-state index contributed by atoms with van der Waals surface area (Å²) in [6, 6.07) is 9.04. The number of likely N-dealkylation sites (tertiary alicyclic amines) is 1. The van der Waals surface area contributed by atoms with Gasteiger partial charge in [-0.2, -0.15) is 0 Å². The Labute approximate surface area is 169 Å². The third kappa shape index (κ3) is 3.31. The van der Waals surface area contributed by atoms with Crippen molar-refractivity contribution in [2.45, 2.75) is 24.5 Å². The van der Waals surface area contributed by atoms with Gasteiger partial charge in [-0.1, -0.05) is 29.8 Å². The second-order valence-electron chi connectivity index (χ2n) is 7.10. The summed E-state index contributed by atoms with van der Waals surface area (Å²) in [6.45, 7) is 1.11. The smallest absolute Gasteiger partial charge is 0.255 e. The molecule has 1 unspecified atom stereocenters. The minimum atomic E-state index is -3.56. The van der Waals surface area contributed by atoms with Crippen LogP contribution in [0.3, 0.4) is 0 Å². The van der Waals surface area contributed by atoms with Crippen LogP contribution in [0.5, 0.6) is 0 Å². The molecule has 0 radical (unpaired) electrons. The van der Waals surface area contributed by atoms with Gasteiger partial charge in [-0.25, -0.2) is 13.4 Å². The van der Waals surface area contributed by atoms with Crippen molar-refractivity contribution in [2.24, 2.45) is 0 Å². The molecule has 148 valence electrons. The van der Waals surface area contributed by atoms with Gasteiger partial charge in [-0.05, 0) is 37.0 Å². The number of hydrogen-bond acceptors (Lipinski definition) is 5. The molecule has 0 saturated carbocycles. The highest BCUT2D eigenvalue weighted by Crippen LogP contribution is 2.33. The lowest BCUT2D eigenvalue weighted by molar-refractivity contribution is 0.0726. The fourth-order valence-corrected chi connectivity index (χ4v) is 6.02. The van der Waals surface area contributed by atoms with Crippen LogP contribution >= 0.6 is 11.6 Å². The summed E-state index contributed by atoms with van der Waals surface area (Å²) in [7, 11) is -3.56. The van der Waals surface area contributed by atoms with E-state index < -0.39 is 15.3 Å². The first-order valence-electron chi connectivity index (χ1n) is 9.17. The summed E-state index contributed by atoms with van der Waals surface area (Å²) in [5, 5.41) is -0.422. The van der Waals surface area contributed by atoms with Crippen LogP contribution in [0.4, 0.5) is 11.5 Å². The number of nitrogen functional groups attached to an aromatic ring is 1. The highest BCUT2D eigenvalue weighted by molar-refractivity contribution is 7.93. The molecule has 4 rings (SSSR count). The van der Waals surface area contributed by atoms with Crippen LogP contribution < -0.4 is 10.0 Å². The van der Waals surface area contributed by atoms with Crippen LogP contribution in [0.15, 0.2) is 36.5 Å². The van der Waals surface area contributed by atoms with Crippen molar-refractivity contribution >= 4 is 39.0 Å². The van der Waals surface area contributed by atoms with Gasteiger partial charge in [-0.3, -0.25) is 9.10 Å². The summed E-state index contributed by atoms with van der Waals surface area (Å²) in [5.74, 6) is -0.124. The van der Waals surface area contributed by atoms with Gasteiger partial charge in [0.25, 0.3) is 5.91 Å². The third-order valence-corrected chi connectivity index (χ3v) is 7.88. The number of anilines is 2. The number of nitrogens with zero attached hydrogens (tertiary/aromatic N) is 3. The maximum Gasteiger partial charge on any atom is 0.255 e. The zero-order chi connectivity index (χ0) is 19.9. The molecule has 0 spiro atoms. The molecule has 3 heterocycles. The monoisotopic (exact) mass is 420 g/mol. The van der Waals surface area contributed by atoms with E-state index in [1.165, 1.54) is 16.6 Å². The Hall–Kier alpha value is -2.32. The normalized spacial score (nSPS) is 19.5. The number of rotatable bonds is 3. The van der Waals surface area contributed by atoms with Crippen LogP contribution in [0.1, 0.15) is 28.8 Å². The number of pyridine rings is 1. The van der Waals surface area contributed by atoms with E-state index in [-0.39, 0.29) is 23.3 Å². The summed E-state index contributed by atoms with van der Waals surface area (Å²) in [6.07, 6.45) is 3.24. The summed E-state index contributed by atoms with van der Waals surface area (Å²) in [4.78, 5) is 18.3. The van der Waals surface area contributed by atoms with E-state index in [2.05, 4.69) is 4.98 Å². The van der Waals surface area contributed by atoms with Gasteiger partial charge in [0.2, 0.25) is 10.0 Å². The molecule has 2 aliphatic heterocycles. The number of fused-ring (bicyclic) bond motifs is 1. The van der Waals surface area contributed by atoms with Gasteiger partial charge in [0.1, 0.15) is 5.82 Å². The number of aromatic nitrogens is 1. The van der Waals surface area contributed by atoms with Crippen molar-refractivity contribution in [1.29, 1.82) is 0 Å². The molecule has 9 heteroatoms. The third-order valence-electron chi connectivity index (χ3n) is 5.35. The van der Waals surface area contributed by atoms with Crippen molar-refractivity contribution in [3.05, 3.63) is 52.7 Å². The standard InChI is InChI=1S/C19H21ClN4O3S/c20-16-10-14(11-22-18(16)21)19(25)23-8-3-5-15(12-23)28(26,27)24-9-7-13-4-1-2-6-17(13)24/h1-2,4,6,10-11,15H,3,5,7-9,12H2,(H2,21,22). The number of halogens is 1. The summed E-state index contributed by atoms with van der Waals surface area (Å²) < 4.78 is 28.1. The van der Waals surface area contributed by atoms with E-state index in [9.17, 15) is 13.2 Å². The number of benzene rings is 1. The average molecular weight is 421 g/mol. The lowest BCUT2D eigenvalue weighted by atomic mass is 10.1. The van der Waals surface area contributed by atoms with Crippen LogP contribution in [0.25, 0.3) is 0 Å². The maximum absolute atomic E-state index is 13.3. The fraction of sp³-hybridized carbons (Fsp3) is 0.368. The van der Waals surface area contributed by atoms with Crippen molar-refractivity contribution in [1.82, 2.24) is 9.88 Å². The van der Waals surface area contributed by atoms with Crippen LogP contribution in [0, 0.1) is 0 Å². The van der Waals surface area contributed by atoms with E-state index in [1.54, 1.807) is 4.90 Å². The Balaban J connectivity index is 1.55. The topological polar surface area (TPSA) is 96.6 Å². The first-order chi connectivity index (χ1) is 13.4. The Morgan fingerprint density at radius 2 is 2.04 bits per heavy atom. The minimum Gasteiger partial charge on any atom is -0.382 e. The first-order valence-corrected chi connectivity index (χ1v) is 11.1. The number of carbonyl (C=O) groups is 1. The Kier molecular flexibility index (Phi) is 4.93. The highest BCUT2D eigenvalue weighted by Gasteiger charge is 2.39. The molecular weight excluding hydrogens is 400 g/mol. The zero-order valence-corrected chi connectivity index (χ0v) is 16.8. The number of hydrogen-bond donors (Lipinski definition) is 1. The molecule has 0 bridgehead atoms.